The first-order valence-corrected chi connectivity index (χ1v) is 6.68. The van der Waals surface area contributed by atoms with Gasteiger partial charge in [-0.25, -0.2) is 8.78 Å². The van der Waals surface area contributed by atoms with Gasteiger partial charge < -0.3 is 9.47 Å². The number of benzene rings is 2. The summed E-state index contributed by atoms with van der Waals surface area (Å²) in [7, 11) is 2.89. The van der Waals surface area contributed by atoms with Gasteiger partial charge in [-0.3, -0.25) is 4.79 Å². The third-order valence-electron chi connectivity index (χ3n) is 2.89. The van der Waals surface area contributed by atoms with Crippen LogP contribution in [-0.2, 0) is 0 Å². The summed E-state index contributed by atoms with van der Waals surface area (Å²) in [5.74, 6) is -1.80. The van der Waals surface area contributed by atoms with Crippen LogP contribution in [0, 0.1) is 11.6 Å². The monoisotopic (exact) mass is 356 g/mol. The lowest BCUT2D eigenvalue weighted by atomic mass is 10.0. The Morgan fingerprint density at radius 1 is 1.05 bits per heavy atom. The Bertz CT molecular complexity index is 702. The zero-order valence-electron chi connectivity index (χ0n) is 11.2. The fourth-order valence-corrected chi connectivity index (χ4v) is 2.44. The van der Waals surface area contributed by atoms with Crippen LogP contribution in [0.25, 0.3) is 0 Å². The standard InChI is InChI=1S/C15H11BrF2O3/c1-20-9-6-10(16)14(13(7-9)21-2)15(19)8-3-4-11(17)12(18)5-8/h3-7H,1-2H3. The molecule has 0 saturated heterocycles. The highest BCUT2D eigenvalue weighted by atomic mass is 79.9. The average Bonchev–Trinajstić information content (AvgIpc) is 2.48. The van der Waals surface area contributed by atoms with E-state index in [-0.39, 0.29) is 16.9 Å². The van der Waals surface area contributed by atoms with Gasteiger partial charge in [0.1, 0.15) is 11.5 Å². The number of hydrogen-bond acceptors (Lipinski definition) is 3. The number of halogens is 3. The molecule has 0 spiro atoms. The second kappa shape index (κ2) is 6.22. The molecule has 2 aromatic carbocycles. The van der Waals surface area contributed by atoms with Gasteiger partial charge in [-0.2, -0.15) is 0 Å². The molecule has 21 heavy (non-hydrogen) atoms. The van der Waals surface area contributed by atoms with Gasteiger partial charge in [0.05, 0.1) is 19.8 Å². The molecule has 0 heterocycles. The molecule has 0 aliphatic carbocycles. The van der Waals surface area contributed by atoms with Crippen LogP contribution >= 0.6 is 15.9 Å². The number of rotatable bonds is 4. The maximum atomic E-state index is 13.3. The van der Waals surface area contributed by atoms with Crippen LogP contribution in [0.15, 0.2) is 34.8 Å². The van der Waals surface area contributed by atoms with Crippen molar-refractivity contribution in [3.05, 3.63) is 57.6 Å². The van der Waals surface area contributed by atoms with Crippen LogP contribution in [0.4, 0.5) is 8.78 Å². The van der Waals surface area contributed by atoms with Crippen molar-refractivity contribution in [1.82, 2.24) is 0 Å². The van der Waals surface area contributed by atoms with Gasteiger partial charge in [0.15, 0.2) is 17.4 Å². The molecule has 0 fully saturated rings. The van der Waals surface area contributed by atoms with E-state index >= 15 is 0 Å². The first-order valence-electron chi connectivity index (χ1n) is 5.89. The lowest BCUT2D eigenvalue weighted by Crippen LogP contribution is -2.06. The van der Waals surface area contributed by atoms with E-state index in [1.165, 1.54) is 26.4 Å². The molecule has 2 aromatic rings. The van der Waals surface area contributed by atoms with Crippen molar-refractivity contribution in [3.63, 3.8) is 0 Å². The minimum absolute atomic E-state index is 0.0260. The number of hydrogen-bond donors (Lipinski definition) is 0. The van der Waals surface area contributed by atoms with E-state index in [1.807, 2.05) is 0 Å². The van der Waals surface area contributed by atoms with Crippen molar-refractivity contribution in [2.24, 2.45) is 0 Å². The maximum Gasteiger partial charge on any atom is 0.198 e. The summed E-state index contributed by atoms with van der Waals surface area (Å²) in [6, 6.07) is 6.12. The molecule has 2 rings (SSSR count). The number of carbonyl (C=O) groups excluding carboxylic acids is 1. The van der Waals surface area contributed by atoms with E-state index < -0.39 is 17.4 Å². The second-order valence-corrected chi connectivity index (χ2v) is 5.00. The van der Waals surface area contributed by atoms with Crippen molar-refractivity contribution in [2.45, 2.75) is 0 Å². The predicted octanol–water partition coefficient (Wildman–Crippen LogP) is 3.98. The maximum absolute atomic E-state index is 13.3. The molecule has 0 N–H and O–H groups in total. The van der Waals surface area contributed by atoms with Crippen LogP contribution < -0.4 is 9.47 Å². The van der Waals surface area contributed by atoms with Crippen molar-refractivity contribution in [2.75, 3.05) is 14.2 Å². The average molecular weight is 357 g/mol. The smallest absolute Gasteiger partial charge is 0.198 e. The summed E-state index contributed by atoms with van der Waals surface area (Å²) in [4.78, 5) is 12.5. The van der Waals surface area contributed by atoms with Gasteiger partial charge >= 0.3 is 0 Å². The van der Waals surface area contributed by atoms with Crippen LogP contribution in [-0.4, -0.2) is 20.0 Å². The van der Waals surface area contributed by atoms with Crippen molar-refractivity contribution in [1.29, 1.82) is 0 Å². The van der Waals surface area contributed by atoms with Gasteiger partial charge in [0.25, 0.3) is 0 Å². The molecular weight excluding hydrogens is 346 g/mol. The first-order chi connectivity index (χ1) is 9.97. The fraction of sp³-hybridized carbons (Fsp3) is 0.133. The number of ketones is 1. The lowest BCUT2D eigenvalue weighted by Gasteiger charge is -2.12. The highest BCUT2D eigenvalue weighted by molar-refractivity contribution is 9.10. The third kappa shape index (κ3) is 3.05. The van der Waals surface area contributed by atoms with Gasteiger partial charge in [-0.15, -0.1) is 0 Å². The predicted molar refractivity (Wildman–Crippen MR) is 77.0 cm³/mol. The molecule has 0 bridgehead atoms. The highest BCUT2D eigenvalue weighted by Gasteiger charge is 2.20. The number of ether oxygens (including phenoxy) is 2. The van der Waals surface area contributed by atoms with Gasteiger partial charge in [0, 0.05) is 16.1 Å². The van der Waals surface area contributed by atoms with Gasteiger partial charge in [0.2, 0.25) is 0 Å². The van der Waals surface area contributed by atoms with E-state index in [0.29, 0.717) is 10.2 Å². The topological polar surface area (TPSA) is 35.5 Å². The van der Waals surface area contributed by atoms with Crippen LogP contribution in [0.5, 0.6) is 11.5 Å². The lowest BCUT2D eigenvalue weighted by molar-refractivity contribution is 0.103. The summed E-state index contributed by atoms with van der Waals surface area (Å²) in [6.07, 6.45) is 0. The second-order valence-electron chi connectivity index (χ2n) is 4.14. The Labute approximate surface area is 128 Å². The van der Waals surface area contributed by atoms with E-state index in [9.17, 15) is 13.6 Å². The molecular formula is C15H11BrF2O3. The Morgan fingerprint density at radius 3 is 2.33 bits per heavy atom. The zero-order chi connectivity index (χ0) is 15.6. The van der Waals surface area contributed by atoms with Crippen molar-refractivity contribution < 1.29 is 23.0 Å². The highest BCUT2D eigenvalue weighted by Crippen LogP contribution is 2.34. The zero-order valence-corrected chi connectivity index (χ0v) is 12.8. The summed E-state index contributed by atoms with van der Waals surface area (Å²) in [6.45, 7) is 0. The van der Waals surface area contributed by atoms with E-state index in [2.05, 4.69) is 15.9 Å². The Hall–Kier alpha value is -1.95. The summed E-state index contributed by atoms with van der Waals surface area (Å²) >= 11 is 3.26. The van der Waals surface area contributed by atoms with Crippen molar-refractivity contribution in [3.8, 4) is 11.5 Å². The molecule has 0 aromatic heterocycles. The third-order valence-corrected chi connectivity index (χ3v) is 3.52. The summed E-state index contributed by atoms with van der Waals surface area (Å²) in [5.41, 5.74) is 0.238. The molecule has 0 radical (unpaired) electrons. The quantitative estimate of drug-likeness (QED) is 0.777. The summed E-state index contributed by atoms with van der Waals surface area (Å²) < 4.78 is 36.9. The van der Waals surface area contributed by atoms with Crippen molar-refractivity contribution >= 4 is 21.7 Å². The van der Waals surface area contributed by atoms with E-state index in [0.717, 1.165) is 12.1 Å². The molecule has 0 amide bonds. The SMILES string of the molecule is COc1cc(Br)c(C(=O)c2ccc(F)c(F)c2)c(OC)c1. The normalized spacial score (nSPS) is 10.3. The number of carbonyl (C=O) groups is 1. The van der Waals surface area contributed by atoms with E-state index in [1.54, 1.807) is 6.07 Å². The Kier molecular flexibility index (Phi) is 4.57. The minimum atomic E-state index is -1.08. The molecule has 110 valence electrons. The largest absolute Gasteiger partial charge is 0.497 e. The molecule has 0 aliphatic rings. The molecule has 0 unspecified atom stereocenters. The van der Waals surface area contributed by atoms with Crippen LogP contribution in [0.3, 0.4) is 0 Å². The van der Waals surface area contributed by atoms with Gasteiger partial charge in [-0.05, 0) is 40.2 Å². The molecule has 6 heteroatoms. The minimum Gasteiger partial charge on any atom is -0.497 e. The fourth-order valence-electron chi connectivity index (χ4n) is 1.84. The first kappa shape index (κ1) is 15.4. The number of methoxy groups -OCH3 is 2. The van der Waals surface area contributed by atoms with Crippen LogP contribution in [0.2, 0.25) is 0 Å². The Balaban J connectivity index is 2.54. The van der Waals surface area contributed by atoms with Crippen LogP contribution in [0.1, 0.15) is 15.9 Å². The van der Waals surface area contributed by atoms with Gasteiger partial charge in [-0.1, -0.05) is 0 Å². The van der Waals surface area contributed by atoms with E-state index in [4.69, 9.17) is 9.47 Å². The molecule has 0 atom stereocenters. The molecule has 0 saturated carbocycles. The summed E-state index contributed by atoms with van der Waals surface area (Å²) in [5, 5.41) is 0. The Morgan fingerprint density at radius 2 is 1.76 bits per heavy atom. The molecule has 0 aliphatic heterocycles. The molecule has 3 nitrogen and oxygen atoms in total.